The van der Waals surface area contributed by atoms with Crippen LogP contribution in [0.5, 0.6) is 0 Å². The number of hydrogen-bond acceptors (Lipinski definition) is 1. The predicted octanol–water partition coefficient (Wildman–Crippen LogP) is 7.42. The van der Waals surface area contributed by atoms with E-state index in [0.29, 0.717) is 5.92 Å². The van der Waals surface area contributed by atoms with Crippen LogP contribution in [0.1, 0.15) is 46.6 Å². The molecule has 0 saturated heterocycles. The summed E-state index contributed by atoms with van der Waals surface area (Å²) in [7, 11) is -1.45. The maximum atomic E-state index is 6.14. The molecule has 5 rings (SSSR count). The van der Waals surface area contributed by atoms with E-state index in [0.717, 1.165) is 25.9 Å². The Kier molecular flexibility index (Phi) is 5.00. The Bertz CT molecular complexity index is 1120. The largest absolute Gasteiger partial charge is 0.418 e. The molecule has 0 heterocycles. The minimum Gasteiger partial charge on any atom is -0.418 e. The van der Waals surface area contributed by atoms with E-state index in [2.05, 4.69) is 92.4 Å². The van der Waals surface area contributed by atoms with Crippen LogP contribution in [0.15, 0.2) is 72.3 Å². The molecule has 0 radical (unpaired) electrons. The molecule has 0 fully saturated rings. The lowest BCUT2D eigenvalue weighted by Crippen LogP contribution is -2.25. The Morgan fingerprint density at radius 1 is 0.833 bits per heavy atom. The summed E-state index contributed by atoms with van der Waals surface area (Å²) in [5, 5.41) is 0. The van der Waals surface area contributed by atoms with Crippen LogP contribution in [0, 0.1) is 0 Å². The van der Waals surface area contributed by atoms with Crippen molar-refractivity contribution >= 4 is 14.4 Å². The average molecular weight is 411 g/mol. The number of fused-ring (bicyclic) bond motifs is 4. The molecular weight excluding hydrogens is 380 g/mol. The minimum absolute atomic E-state index is 0.373. The van der Waals surface area contributed by atoms with Gasteiger partial charge in [-0.15, -0.1) is 0 Å². The van der Waals surface area contributed by atoms with Gasteiger partial charge in [-0.1, -0.05) is 78.4 Å². The summed E-state index contributed by atoms with van der Waals surface area (Å²) < 4.78 is 6.14. The summed E-state index contributed by atoms with van der Waals surface area (Å²) in [4.78, 5) is 0. The van der Waals surface area contributed by atoms with Crippen molar-refractivity contribution in [3.63, 3.8) is 0 Å². The lowest BCUT2D eigenvalue weighted by Gasteiger charge is -2.22. The minimum atomic E-state index is -1.45. The van der Waals surface area contributed by atoms with Crippen molar-refractivity contribution < 1.29 is 4.43 Å². The second-order valence-electron chi connectivity index (χ2n) is 9.55. The summed E-state index contributed by atoms with van der Waals surface area (Å²) in [6, 6.07) is 24.8. The van der Waals surface area contributed by atoms with E-state index in [1.165, 1.54) is 38.9 Å². The quantitative estimate of drug-likeness (QED) is 0.237. The fraction of sp³-hybridized carbons (Fsp3) is 0.286. The Morgan fingerprint density at radius 3 is 2.43 bits per heavy atom. The van der Waals surface area contributed by atoms with E-state index in [1.807, 2.05) is 0 Å². The van der Waals surface area contributed by atoms with Crippen LogP contribution in [-0.2, 0) is 10.8 Å². The Labute approximate surface area is 181 Å². The summed E-state index contributed by atoms with van der Waals surface area (Å²) in [6.45, 7) is 7.68. The Balaban J connectivity index is 1.49. The van der Waals surface area contributed by atoms with Crippen molar-refractivity contribution in [2.24, 2.45) is 0 Å². The van der Waals surface area contributed by atoms with E-state index in [9.17, 15) is 0 Å². The lowest BCUT2D eigenvalue weighted by molar-refractivity contribution is 0.304. The van der Waals surface area contributed by atoms with Gasteiger partial charge in [-0.25, -0.2) is 0 Å². The summed E-state index contributed by atoms with van der Waals surface area (Å²) >= 11 is 0. The molecule has 0 amide bonds. The molecule has 2 aliphatic rings. The topological polar surface area (TPSA) is 9.23 Å². The van der Waals surface area contributed by atoms with Crippen LogP contribution < -0.4 is 0 Å². The SMILES string of the molecule is C[Si](C)(C)OCCCC1=Cc2ccccc2C1c1cccc2c1Cc1ccccc1-2. The Hall–Kier alpha value is -2.42. The molecule has 2 aliphatic carbocycles. The number of hydrogen-bond donors (Lipinski definition) is 0. The zero-order valence-corrected chi connectivity index (χ0v) is 19.2. The van der Waals surface area contributed by atoms with Gasteiger partial charge in [0, 0.05) is 12.5 Å². The van der Waals surface area contributed by atoms with Crippen LogP contribution in [0.4, 0.5) is 0 Å². The normalized spacial score (nSPS) is 16.8. The second kappa shape index (κ2) is 7.68. The van der Waals surface area contributed by atoms with Crippen molar-refractivity contribution in [1.29, 1.82) is 0 Å². The third kappa shape index (κ3) is 3.59. The van der Waals surface area contributed by atoms with Gasteiger partial charge in [0.05, 0.1) is 0 Å². The summed E-state index contributed by atoms with van der Waals surface area (Å²) in [5.74, 6) is 0.373. The molecule has 0 saturated carbocycles. The molecule has 1 nitrogen and oxygen atoms in total. The van der Waals surface area contributed by atoms with Crippen molar-refractivity contribution in [3.05, 3.63) is 100 Å². The Morgan fingerprint density at radius 2 is 1.57 bits per heavy atom. The molecule has 1 unspecified atom stereocenters. The monoisotopic (exact) mass is 410 g/mol. The first-order valence-corrected chi connectivity index (χ1v) is 14.6. The van der Waals surface area contributed by atoms with Gasteiger partial charge in [0.2, 0.25) is 0 Å². The van der Waals surface area contributed by atoms with Gasteiger partial charge in [-0.3, -0.25) is 0 Å². The summed E-state index contributed by atoms with van der Waals surface area (Å²) in [6.07, 6.45) is 5.68. The molecule has 152 valence electrons. The van der Waals surface area contributed by atoms with Crippen LogP contribution in [0.25, 0.3) is 17.2 Å². The molecular formula is C28H30OSi. The van der Waals surface area contributed by atoms with Crippen molar-refractivity contribution in [1.82, 2.24) is 0 Å². The first-order valence-electron chi connectivity index (χ1n) is 11.1. The number of allylic oxidation sites excluding steroid dienone is 1. The van der Waals surface area contributed by atoms with Gasteiger partial charge >= 0.3 is 0 Å². The standard InChI is InChI=1S/C28H30OSi/c1-30(2,3)29-17-9-12-22-18-20-10-5-7-14-24(20)28(22)26-16-8-15-25-23-13-6-4-11-21(23)19-27(25)26/h4-8,10-11,13-16,18,28H,9,12,17,19H2,1-3H3. The molecule has 0 N–H and O–H groups in total. The zero-order valence-electron chi connectivity index (χ0n) is 18.2. The van der Waals surface area contributed by atoms with E-state index < -0.39 is 8.32 Å². The van der Waals surface area contributed by atoms with E-state index in [-0.39, 0.29) is 0 Å². The average Bonchev–Trinajstić information content (AvgIpc) is 3.28. The molecule has 30 heavy (non-hydrogen) atoms. The molecule has 0 aromatic heterocycles. The highest BCUT2D eigenvalue weighted by atomic mass is 28.4. The van der Waals surface area contributed by atoms with Crippen LogP contribution in [-0.4, -0.2) is 14.9 Å². The first kappa shape index (κ1) is 19.5. The molecule has 0 aliphatic heterocycles. The lowest BCUT2D eigenvalue weighted by atomic mass is 9.83. The maximum absolute atomic E-state index is 6.14. The van der Waals surface area contributed by atoms with Gasteiger partial charge < -0.3 is 4.43 Å². The molecule has 3 aromatic rings. The number of benzene rings is 3. The predicted molar refractivity (Wildman–Crippen MR) is 129 cm³/mol. The van der Waals surface area contributed by atoms with Gasteiger partial charge in [-0.05, 0) is 77.8 Å². The smallest absolute Gasteiger partial charge is 0.183 e. The third-order valence-electron chi connectivity index (χ3n) is 6.36. The fourth-order valence-corrected chi connectivity index (χ4v) is 5.84. The number of rotatable bonds is 6. The molecule has 2 heteroatoms. The summed E-state index contributed by atoms with van der Waals surface area (Å²) in [5.41, 5.74) is 11.7. The van der Waals surface area contributed by atoms with Crippen molar-refractivity contribution in [3.8, 4) is 11.1 Å². The van der Waals surface area contributed by atoms with Crippen molar-refractivity contribution in [2.45, 2.75) is 44.8 Å². The molecule has 1 atom stereocenters. The molecule has 0 bridgehead atoms. The van der Waals surface area contributed by atoms with E-state index >= 15 is 0 Å². The fourth-order valence-electron chi connectivity index (χ4n) is 5.08. The van der Waals surface area contributed by atoms with Crippen molar-refractivity contribution in [2.75, 3.05) is 6.61 Å². The van der Waals surface area contributed by atoms with Crippen LogP contribution in [0.3, 0.4) is 0 Å². The zero-order chi connectivity index (χ0) is 20.7. The van der Waals surface area contributed by atoms with E-state index in [4.69, 9.17) is 4.43 Å². The third-order valence-corrected chi connectivity index (χ3v) is 7.43. The van der Waals surface area contributed by atoms with Gasteiger partial charge in [0.1, 0.15) is 0 Å². The van der Waals surface area contributed by atoms with E-state index in [1.54, 1.807) is 5.57 Å². The van der Waals surface area contributed by atoms with Gasteiger partial charge in [-0.2, -0.15) is 0 Å². The van der Waals surface area contributed by atoms with Crippen LogP contribution in [0.2, 0.25) is 19.6 Å². The van der Waals surface area contributed by atoms with Gasteiger partial charge in [0.15, 0.2) is 8.32 Å². The highest BCUT2D eigenvalue weighted by molar-refractivity contribution is 6.69. The highest BCUT2D eigenvalue weighted by Gasteiger charge is 2.31. The molecule has 0 spiro atoms. The first-order chi connectivity index (χ1) is 14.5. The molecule has 3 aromatic carbocycles. The maximum Gasteiger partial charge on any atom is 0.183 e. The second-order valence-corrected chi connectivity index (χ2v) is 14.1. The van der Waals surface area contributed by atoms with Crippen LogP contribution >= 0.6 is 0 Å². The van der Waals surface area contributed by atoms with Gasteiger partial charge in [0.25, 0.3) is 0 Å². The highest BCUT2D eigenvalue weighted by Crippen LogP contribution is 2.48.